The van der Waals surface area contributed by atoms with Gasteiger partial charge in [0.1, 0.15) is 5.75 Å². The third-order valence-corrected chi connectivity index (χ3v) is 7.35. The van der Waals surface area contributed by atoms with Crippen molar-refractivity contribution in [2.45, 2.75) is 57.5 Å². The molecule has 0 N–H and O–H groups in total. The molecule has 1 aromatic heterocycles. The van der Waals surface area contributed by atoms with E-state index < -0.39 is 0 Å². The number of amides is 1. The normalized spacial score (nSPS) is 21.4. The monoisotopic (exact) mass is 441 g/mol. The largest absolute Gasteiger partial charge is 0.495 e. The van der Waals surface area contributed by atoms with Gasteiger partial charge in [-0.25, -0.2) is 0 Å². The first-order valence-corrected chi connectivity index (χ1v) is 12.3. The van der Waals surface area contributed by atoms with Crippen LogP contribution in [0.1, 0.15) is 44.9 Å². The molecule has 0 bridgehead atoms. The lowest BCUT2D eigenvalue weighted by Gasteiger charge is -2.45. The van der Waals surface area contributed by atoms with Gasteiger partial charge in [0.05, 0.1) is 12.6 Å². The molecule has 2 saturated heterocycles. The van der Waals surface area contributed by atoms with Crippen LogP contribution in [0.3, 0.4) is 0 Å². The average Bonchev–Trinajstić information content (AvgIpc) is 3.25. The Hall–Kier alpha value is -2.05. The van der Waals surface area contributed by atoms with Gasteiger partial charge < -0.3 is 23.8 Å². The Morgan fingerprint density at radius 1 is 1.12 bits per heavy atom. The number of carbonyl (C=O) groups excluding carboxylic acids is 1. The fourth-order valence-corrected chi connectivity index (χ4v) is 5.74. The lowest BCUT2D eigenvalue weighted by molar-refractivity contribution is -0.133. The Morgan fingerprint density at radius 2 is 2.00 bits per heavy atom. The second-order valence-corrected chi connectivity index (χ2v) is 9.34. The number of aryl methyl sites for hydroxylation is 1. The number of aromatic nitrogens is 1. The molecule has 0 aliphatic carbocycles. The topological polar surface area (TPSA) is 46.9 Å². The summed E-state index contributed by atoms with van der Waals surface area (Å²) < 4.78 is 13.0. The van der Waals surface area contributed by atoms with Crippen molar-refractivity contribution in [2.24, 2.45) is 5.92 Å². The summed E-state index contributed by atoms with van der Waals surface area (Å²) in [5, 5.41) is 1.15. The van der Waals surface area contributed by atoms with Gasteiger partial charge in [-0.1, -0.05) is 18.6 Å². The van der Waals surface area contributed by atoms with E-state index >= 15 is 0 Å². The zero-order valence-corrected chi connectivity index (χ0v) is 19.8. The lowest BCUT2D eigenvalue weighted by Crippen LogP contribution is -2.51. The molecule has 4 rings (SSSR count). The molecule has 2 aliphatic rings. The molecule has 6 nitrogen and oxygen atoms in total. The minimum absolute atomic E-state index is 0.255. The van der Waals surface area contributed by atoms with Gasteiger partial charge >= 0.3 is 0 Å². The van der Waals surface area contributed by atoms with Gasteiger partial charge in [0, 0.05) is 57.4 Å². The van der Waals surface area contributed by atoms with Crippen LogP contribution in [0, 0.1) is 5.92 Å². The van der Waals surface area contributed by atoms with Crippen molar-refractivity contribution in [1.82, 2.24) is 14.4 Å². The van der Waals surface area contributed by atoms with Crippen molar-refractivity contribution in [1.29, 1.82) is 0 Å². The molecule has 6 heteroatoms. The molecule has 1 amide bonds. The van der Waals surface area contributed by atoms with Crippen LogP contribution in [0.4, 0.5) is 0 Å². The van der Waals surface area contributed by atoms with Crippen LogP contribution in [0.25, 0.3) is 10.9 Å². The van der Waals surface area contributed by atoms with E-state index in [1.54, 1.807) is 14.2 Å². The lowest BCUT2D eigenvalue weighted by atomic mass is 9.83. The van der Waals surface area contributed by atoms with Crippen LogP contribution in [0.2, 0.25) is 0 Å². The first-order valence-electron chi connectivity index (χ1n) is 12.3. The smallest absolute Gasteiger partial charge is 0.224 e. The average molecular weight is 442 g/mol. The van der Waals surface area contributed by atoms with Gasteiger partial charge in [-0.05, 0) is 63.2 Å². The summed E-state index contributed by atoms with van der Waals surface area (Å²) in [5.41, 5.74) is 1.07. The van der Waals surface area contributed by atoms with Crippen molar-refractivity contribution in [2.75, 3.05) is 47.0 Å². The predicted octanol–water partition coefficient (Wildman–Crippen LogP) is 4.17. The second kappa shape index (κ2) is 11.2. The molecule has 32 heavy (non-hydrogen) atoms. The van der Waals surface area contributed by atoms with Gasteiger partial charge in [0.25, 0.3) is 0 Å². The van der Waals surface area contributed by atoms with Gasteiger partial charge in [0.2, 0.25) is 5.91 Å². The van der Waals surface area contributed by atoms with Gasteiger partial charge in [-0.2, -0.15) is 0 Å². The summed E-state index contributed by atoms with van der Waals surface area (Å²) in [7, 11) is 3.44. The van der Waals surface area contributed by atoms with E-state index in [4.69, 9.17) is 9.47 Å². The third kappa shape index (κ3) is 5.29. The number of hydrogen-bond donors (Lipinski definition) is 0. The minimum Gasteiger partial charge on any atom is -0.495 e. The molecule has 1 aromatic carbocycles. The van der Waals surface area contributed by atoms with Crippen molar-refractivity contribution in [3.8, 4) is 5.75 Å². The highest BCUT2D eigenvalue weighted by Gasteiger charge is 2.34. The van der Waals surface area contributed by atoms with E-state index in [9.17, 15) is 4.79 Å². The Balaban J connectivity index is 1.42. The number of para-hydroxylation sites is 1. The van der Waals surface area contributed by atoms with Gasteiger partial charge in [0.15, 0.2) is 0 Å². The number of benzene rings is 1. The molecule has 2 aromatic rings. The van der Waals surface area contributed by atoms with Crippen LogP contribution in [0.15, 0.2) is 30.5 Å². The molecular formula is C26H39N3O3. The zero-order chi connectivity index (χ0) is 22.3. The second-order valence-electron chi connectivity index (χ2n) is 9.34. The molecule has 2 fully saturated rings. The number of piperidine rings is 2. The summed E-state index contributed by atoms with van der Waals surface area (Å²) in [6.07, 6.45) is 9.92. The summed E-state index contributed by atoms with van der Waals surface area (Å²) in [5.74, 6) is 1.71. The maximum absolute atomic E-state index is 13.4. The summed E-state index contributed by atoms with van der Waals surface area (Å²) in [6, 6.07) is 8.83. The van der Waals surface area contributed by atoms with Crippen molar-refractivity contribution in [3.63, 3.8) is 0 Å². The van der Waals surface area contributed by atoms with Crippen molar-refractivity contribution in [3.05, 3.63) is 30.5 Å². The Bertz CT molecular complexity index is 878. The first kappa shape index (κ1) is 23.1. The highest BCUT2D eigenvalue weighted by molar-refractivity contribution is 5.86. The quantitative estimate of drug-likeness (QED) is 0.519. The molecule has 0 spiro atoms. The van der Waals surface area contributed by atoms with Crippen LogP contribution >= 0.6 is 0 Å². The highest BCUT2D eigenvalue weighted by Crippen LogP contribution is 2.32. The molecule has 3 heterocycles. The number of nitrogens with zero attached hydrogens (tertiary/aromatic N) is 3. The number of fused-ring (bicyclic) bond motifs is 2. The van der Waals surface area contributed by atoms with Crippen LogP contribution in [-0.2, 0) is 16.1 Å². The molecular weight excluding hydrogens is 402 g/mol. The standard InChI is InChI=1S/C26H39N3O3/c1-31-19-7-16-29(20-22-9-6-15-27-14-4-3-10-23(22)27)25(30)13-18-28-17-12-21-8-5-11-24(32-2)26(21)28/h5,8,11-12,17,22-23H,3-4,6-7,9-10,13-16,18-20H2,1-2H3/t22-,23+/m1/s1. The predicted molar refractivity (Wildman–Crippen MR) is 128 cm³/mol. The minimum atomic E-state index is 0.255. The first-order chi connectivity index (χ1) is 15.7. The summed E-state index contributed by atoms with van der Waals surface area (Å²) in [4.78, 5) is 18.2. The van der Waals surface area contributed by atoms with Gasteiger partial charge in [-0.15, -0.1) is 0 Å². The van der Waals surface area contributed by atoms with E-state index in [0.29, 0.717) is 31.5 Å². The molecule has 2 atom stereocenters. The number of rotatable bonds is 10. The maximum Gasteiger partial charge on any atom is 0.224 e. The molecule has 0 radical (unpaired) electrons. The Kier molecular flexibility index (Phi) is 8.09. The number of ether oxygens (including phenoxy) is 2. The number of methoxy groups -OCH3 is 2. The zero-order valence-electron chi connectivity index (χ0n) is 19.8. The SMILES string of the molecule is COCCCN(C[C@H]1CCCN2CCCC[C@@H]12)C(=O)CCn1ccc2cccc(OC)c21. The number of hydrogen-bond acceptors (Lipinski definition) is 4. The number of carbonyl (C=O) groups is 1. The van der Waals surface area contributed by atoms with Gasteiger partial charge in [-0.3, -0.25) is 4.79 Å². The van der Waals surface area contributed by atoms with Crippen LogP contribution < -0.4 is 4.74 Å². The third-order valence-electron chi connectivity index (χ3n) is 7.35. The summed E-state index contributed by atoms with van der Waals surface area (Å²) in [6.45, 7) is 5.51. The van der Waals surface area contributed by atoms with Crippen molar-refractivity contribution < 1.29 is 14.3 Å². The van der Waals surface area contributed by atoms with Crippen LogP contribution in [0.5, 0.6) is 5.75 Å². The molecule has 2 aliphatic heterocycles. The van der Waals surface area contributed by atoms with Crippen LogP contribution in [-0.4, -0.2) is 73.3 Å². The maximum atomic E-state index is 13.4. The van der Waals surface area contributed by atoms with Crippen molar-refractivity contribution >= 4 is 16.8 Å². The summed E-state index contributed by atoms with van der Waals surface area (Å²) >= 11 is 0. The molecule has 0 unspecified atom stereocenters. The Labute approximate surface area is 192 Å². The fraction of sp³-hybridized carbons (Fsp3) is 0.654. The Morgan fingerprint density at radius 3 is 2.84 bits per heavy atom. The van der Waals surface area contributed by atoms with E-state index in [1.165, 1.54) is 45.2 Å². The highest BCUT2D eigenvalue weighted by atomic mass is 16.5. The van der Waals surface area contributed by atoms with E-state index in [2.05, 4.69) is 32.7 Å². The van der Waals surface area contributed by atoms with E-state index in [-0.39, 0.29) is 5.91 Å². The fourth-order valence-electron chi connectivity index (χ4n) is 5.74. The van der Waals surface area contributed by atoms with E-state index in [1.807, 2.05) is 12.1 Å². The molecule has 176 valence electrons. The van der Waals surface area contributed by atoms with E-state index in [0.717, 1.165) is 36.2 Å². The molecule has 0 saturated carbocycles.